The lowest BCUT2D eigenvalue weighted by atomic mass is 10.1. The Morgan fingerprint density at radius 3 is 2.86 bits per heavy atom. The Hall–Kier alpha value is -1.83. The fraction of sp³-hybridized carbons (Fsp3) is 0.0833. The smallest absolute Gasteiger partial charge is 0.152 e. The number of carbonyl (C=O) groups excluding carboxylic acids is 1. The first-order valence-electron chi connectivity index (χ1n) is 4.52. The van der Waals surface area contributed by atoms with Crippen molar-refractivity contribution in [3.05, 3.63) is 48.2 Å². The molecule has 0 saturated heterocycles. The van der Waals surface area contributed by atoms with Gasteiger partial charge in [0.1, 0.15) is 0 Å². The maximum atomic E-state index is 10.9. The highest BCUT2D eigenvalue weighted by molar-refractivity contribution is 5.98. The van der Waals surface area contributed by atoms with E-state index in [1.165, 1.54) is 0 Å². The molecule has 1 aromatic heterocycles. The van der Waals surface area contributed by atoms with Crippen LogP contribution in [0.2, 0.25) is 0 Å². The predicted molar refractivity (Wildman–Crippen MR) is 57.6 cm³/mol. The van der Waals surface area contributed by atoms with Crippen molar-refractivity contribution in [1.82, 2.24) is 4.98 Å². The van der Waals surface area contributed by atoms with Crippen LogP contribution in [0, 0.1) is 0 Å². The maximum absolute atomic E-state index is 10.9. The normalized spacial score (nSPS) is 10.3. The second-order valence-corrected chi connectivity index (χ2v) is 3.17. The molecule has 2 nitrogen and oxygen atoms in total. The van der Waals surface area contributed by atoms with Crippen molar-refractivity contribution in [2.45, 2.75) is 6.42 Å². The molecule has 0 aliphatic carbocycles. The molecule has 2 rings (SSSR count). The molecule has 0 amide bonds. The number of carbonyl (C=O) groups is 1. The first-order valence-corrected chi connectivity index (χ1v) is 4.52. The van der Waals surface area contributed by atoms with E-state index in [0.717, 1.165) is 28.4 Å². The summed E-state index contributed by atoms with van der Waals surface area (Å²) >= 11 is 0. The molecule has 2 aromatic rings. The number of benzene rings is 1. The lowest BCUT2D eigenvalue weighted by Gasteiger charge is -1.91. The number of nitrogens with one attached hydrogen (secondary N) is 1. The van der Waals surface area contributed by atoms with E-state index in [2.05, 4.69) is 11.6 Å². The van der Waals surface area contributed by atoms with Gasteiger partial charge >= 0.3 is 0 Å². The van der Waals surface area contributed by atoms with Crippen LogP contribution in [-0.4, -0.2) is 11.3 Å². The highest BCUT2D eigenvalue weighted by Crippen LogP contribution is 2.20. The Balaban J connectivity index is 2.71. The summed E-state index contributed by atoms with van der Waals surface area (Å²) in [6, 6.07) is 7.79. The summed E-state index contributed by atoms with van der Waals surface area (Å²) < 4.78 is 0. The number of H-pyrrole nitrogens is 1. The minimum absolute atomic E-state index is 0.697. The maximum Gasteiger partial charge on any atom is 0.152 e. The molecule has 1 aromatic carbocycles. The molecule has 0 aliphatic heterocycles. The Labute approximate surface area is 82.3 Å². The Bertz CT molecular complexity index is 482. The SMILES string of the molecule is C=CCc1[nH]c2ccccc2c1C=O. The molecular weight excluding hydrogens is 174 g/mol. The summed E-state index contributed by atoms with van der Waals surface area (Å²) in [5, 5.41) is 0.986. The molecular formula is C12H11NO. The van der Waals surface area contributed by atoms with E-state index in [1.807, 2.05) is 24.3 Å². The van der Waals surface area contributed by atoms with Gasteiger partial charge in [0.05, 0.1) is 0 Å². The van der Waals surface area contributed by atoms with E-state index >= 15 is 0 Å². The second kappa shape index (κ2) is 3.50. The molecule has 0 bridgehead atoms. The standard InChI is InChI=1S/C12H11NO/c1-2-5-11-10(8-14)9-6-3-4-7-12(9)13-11/h2-4,6-8,13H,1,5H2. The predicted octanol–water partition coefficient (Wildman–Crippen LogP) is 2.71. The minimum Gasteiger partial charge on any atom is -0.358 e. The number of rotatable bonds is 3. The van der Waals surface area contributed by atoms with Crippen LogP contribution in [-0.2, 0) is 6.42 Å². The third kappa shape index (κ3) is 1.25. The van der Waals surface area contributed by atoms with Crippen molar-refractivity contribution in [2.75, 3.05) is 0 Å². The number of aromatic amines is 1. The van der Waals surface area contributed by atoms with E-state index in [1.54, 1.807) is 6.08 Å². The molecule has 0 spiro atoms. The van der Waals surface area contributed by atoms with Crippen LogP contribution in [0.15, 0.2) is 36.9 Å². The van der Waals surface area contributed by atoms with E-state index in [0.29, 0.717) is 6.42 Å². The third-order valence-corrected chi connectivity index (χ3v) is 2.29. The van der Waals surface area contributed by atoms with Crippen molar-refractivity contribution in [3.8, 4) is 0 Å². The van der Waals surface area contributed by atoms with Gasteiger partial charge in [0.25, 0.3) is 0 Å². The van der Waals surface area contributed by atoms with Crippen LogP contribution in [0.3, 0.4) is 0 Å². The first kappa shape index (κ1) is 8.75. The van der Waals surface area contributed by atoms with E-state index in [-0.39, 0.29) is 0 Å². The van der Waals surface area contributed by atoms with Crippen LogP contribution in [0.1, 0.15) is 16.1 Å². The molecule has 70 valence electrons. The highest BCUT2D eigenvalue weighted by Gasteiger charge is 2.07. The topological polar surface area (TPSA) is 32.9 Å². The van der Waals surface area contributed by atoms with E-state index in [9.17, 15) is 4.79 Å². The van der Waals surface area contributed by atoms with Gasteiger partial charge in [0.15, 0.2) is 6.29 Å². The minimum atomic E-state index is 0.697. The number of aldehydes is 1. The van der Waals surface area contributed by atoms with Crippen LogP contribution in [0.5, 0.6) is 0 Å². The second-order valence-electron chi connectivity index (χ2n) is 3.17. The summed E-state index contributed by atoms with van der Waals surface area (Å²) in [7, 11) is 0. The zero-order valence-corrected chi connectivity index (χ0v) is 7.79. The molecule has 1 N–H and O–H groups in total. The van der Waals surface area contributed by atoms with Gasteiger partial charge in [-0.15, -0.1) is 6.58 Å². The largest absolute Gasteiger partial charge is 0.358 e. The van der Waals surface area contributed by atoms with Crippen molar-refractivity contribution < 1.29 is 4.79 Å². The van der Waals surface area contributed by atoms with E-state index < -0.39 is 0 Å². The van der Waals surface area contributed by atoms with Crippen molar-refractivity contribution in [2.24, 2.45) is 0 Å². The number of hydrogen-bond acceptors (Lipinski definition) is 1. The van der Waals surface area contributed by atoms with Gasteiger partial charge in [0.2, 0.25) is 0 Å². The van der Waals surface area contributed by atoms with Gasteiger partial charge in [-0.05, 0) is 6.07 Å². The first-order chi connectivity index (χ1) is 6.86. The van der Waals surface area contributed by atoms with Gasteiger partial charge in [0, 0.05) is 28.6 Å². The Morgan fingerprint density at radius 2 is 2.14 bits per heavy atom. The lowest BCUT2D eigenvalue weighted by molar-refractivity contribution is 0.112. The van der Waals surface area contributed by atoms with Gasteiger partial charge < -0.3 is 4.98 Å². The molecule has 0 atom stereocenters. The molecule has 2 heteroatoms. The summed E-state index contributed by atoms with van der Waals surface area (Å²) in [6.45, 7) is 3.67. The molecule has 14 heavy (non-hydrogen) atoms. The molecule has 0 fully saturated rings. The summed E-state index contributed by atoms with van der Waals surface area (Å²) in [4.78, 5) is 14.1. The fourth-order valence-corrected chi connectivity index (χ4v) is 1.66. The van der Waals surface area contributed by atoms with Crippen LogP contribution in [0.25, 0.3) is 10.9 Å². The van der Waals surface area contributed by atoms with Gasteiger partial charge in [-0.25, -0.2) is 0 Å². The molecule has 0 aliphatic rings. The summed E-state index contributed by atoms with van der Waals surface area (Å²) in [6.07, 6.45) is 3.39. The quantitative estimate of drug-likeness (QED) is 0.578. The molecule has 1 heterocycles. The number of para-hydroxylation sites is 1. The van der Waals surface area contributed by atoms with Crippen molar-refractivity contribution >= 4 is 17.2 Å². The molecule has 0 saturated carbocycles. The summed E-state index contributed by atoms with van der Waals surface area (Å²) in [5.41, 5.74) is 2.70. The number of allylic oxidation sites excluding steroid dienone is 1. The zero-order chi connectivity index (χ0) is 9.97. The molecule has 0 unspecified atom stereocenters. The average molecular weight is 185 g/mol. The van der Waals surface area contributed by atoms with Gasteiger partial charge in [-0.2, -0.15) is 0 Å². The highest BCUT2D eigenvalue weighted by atomic mass is 16.1. The van der Waals surface area contributed by atoms with Gasteiger partial charge in [-0.1, -0.05) is 24.3 Å². The monoisotopic (exact) mass is 185 g/mol. The fourth-order valence-electron chi connectivity index (χ4n) is 1.66. The Kier molecular flexibility index (Phi) is 2.19. The van der Waals surface area contributed by atoms with Crippen molar-refractivity contribution in [1.29, 1.82) is 0 Å². The lowest BCUT2D eigenvalue weighted by Crippen LogP contribution is -1.86. The number of fused-ring (bicyclic) bond motifs is 1. The van der Waals surface area contributed by atoms with Gasteiger partial charge in [-0.3, -0.25) is 4.79 Å². The molecule has 0 radical (unpaired) electrons. The van der Waals surface area contributed by atoms with Crippen molar-refractivity contribution in [3.63, 3.8) is 0 Å². The number of aromatic nitrogens is 1. The summed E-state index contributed by atoms with van der Waals surface area (Å²) in [5.74, 6) is 0. The number of hydrogen-bond donors (Lipinski definition) is 1. The van der Waals surface area contributed by atoms with Crippen LogP contribution >= 0.6 is 0 Å². The third-order valence-electron chi connectivity index (χ3n) is 2.29. The van der Waals surface area contributed by atoms with Crippen LogP contribution in [0.4, 0.5) is 0 Å². The zero-order valence-electron chi connectivity index (χ0n) is 7.79. The van der Waals surface area contributed by atoms with E-state index in [4.69, 9.17) is 0 Å². The van der Waals surface area contributed by atoms with Crippen LogP contribution < -0.4 is 0 Å². The average Bonchev–Trinajstić information content (AvgIpc) is 2.55. The Morgan fingerprint density at radius 1 is 1.36 bits per heavy atom.